The number of benzene rings is 1. The first-order chi connectivity index (χ1) is 12.8. The number of aryl methyl sites for hydroxylation is 1. The van der Waals surface area contributed by atoms with E-state index in [2.05, 4.69) is 15.7 Å². The highest BCUT2D eigenvalue weighted by Crippen LogP contribution is 2.13. The monoisotopic (exact) mass is 370 g/mol. The minimum atomic E-state index is -0.413. The highest BCUT2D eigenvalue weighted by Gasteiger charge is 2.18. The maximum atomic E-state index is 12.4. The Morgan fingerprint density at radius 3 is 2.30 bits per heavy atom. The molecule has 2 N–H and O–H groups in total. The third kappa shape index (κ3) is 5.51. The van der Waals surface area contributed by atoms with Gasteiger partial charge in [0.1, 0.15) is 5.69 Å². The normalized spacial score (nSPS) is 11.1. The summed E-state index contributed by atoms with van der Waals surface area (Å²) in [5.74, 6) is -0.572. The van der Waals surface area contributed by atoms with Crippen molar-refractivity contribution in [2.24, 2.45) is 0 Å². The number of rotatable bonds is 7. The summed E-state index contributed by atoms with van der Waals surface area (Å²) < 4.78 is 1.28. The van der Waals surface area contributed by atoms with Crippen molar-refractivity contribution in [3.05, 3.63) is 58.0 Å². The molecular weight excluding hydrogens is 344 g/mol. The maximum Gasteiger partial charge on any atom is 0.276 e. The number of carbonyl (C=O) groups excluding carboxylic acids is 2. The van der Waals surface area contributed by atoms with E-state index in [1.165, 1.54) is 16.8 Å². The van der Waals surface area contributed by atoms with Crippen molar-refractivity contribution in [1.29, 1.82) is 0 Å². The lowest BCUT2D eigenvalue weighted by atomic mass is 10.0. The van der Waals surface area contributed by atoms with Crippen LogP contribution in [0.1, 0.15) is 61.4 Å². The summed E-state index contributed by atoms with van der Waals surface area (Å²) in [5.41, 5.74) is 0.704. The van der Waals surface area contributed by atoms with Crippen LogP contribution in [-0.2, 0) is 6.54 Å². The molecule has 2 amide bonds. The molecule has 7 heteroatoms. The standard InChI is InChI=1S/C20H26N4O3/c1-5-13-24-17(25)12-11-16(23-24)19(27)21-15-9-7-14(8-10-15)18(26)22-20(3,4)6-2/h7-12H,5-6,13H2,1-4H3,(H,21,27)(H,22,26). The van der Waals surface area contributed by atoms with E-state index >= 15 is 0 Å². The van der Waals surface area contributed by atoms with Gasteiger partial charge in [-0.05, 0) is 57.0 Å². The van der Waals surface area contributed by atoms with Crippen LogP contribution in [0.4, 0.5) is 5.69 Å². The SMILES string of the molecule is CCCn1nc(C(=O)Nc2ccc(C(=O)NC(C)(C)CC)cc2)ccc1=O. The average Bonchev–Trinajstić information content (AvgIpc) is 2.64. The summed E-state index contributed by atoms with van der Waals surface area (Å²) in [6.07, 6.45) is 1.57. The van der Waals surface area contributed by atoms with Crippen molar-refractivity contribution in [2.45, 2.75) is 52.6 Å². The van der Waals surface area contributed by atoms with Crippen LogP contribution in [0.2, 0.25) is 0 Å². The smallest absolute Gasteiger partial charge is 0.276 e. The van der Waals surface area contributed by atoms with Gasteiger partial charge in [0.15, 0.2) is 0 Å². The van der Waals surface area contributed by atoms with Crippen LogP contribution in [0, 0.1) is 0 Å². The maximum absolute atomic E-state index is 12.4. The molecule has 1 heterocycles. The Kier molecular flexibility index (Phi) is 6.50. The highest BCUT2D eigenvalue weighted by molar-refractivity contribution is 6.03. The van der Waals surface area contributed by atoms with Crippen molar-refractivity contribution in [1.82, 2.24) is 15.1 Å². The molecule has 7 nitrogen and oxygen atoms in total. The van der Waals surface area contributed by atoms with Gasteiger partial charge in [0, 0.05) is 29.4 Å². The summed E-state index contributed by atoms with van der Waals surface area (Å²) in [5, 5.41) is 9.77. The lowest BCUT2D eigenvalue weighted by molar-refractivity contribution is 0.0911. The Bertz CT molecular complexity index is 870. The first-order valence-corrected chi connectivity index (χ1v) is 9.08. The molecular formula is C20H26N4O3. The Morgan fingerprint density at radius 1 is 1.04 bits per heavy atom. The van der Waals surface area contributed by atoms with Crippen LogP contribution in [0.5, 0.6) is 0 Å². The third-order valence-corrected chi connectivity index (χ3v) is 4.28. The summed E-state index contributed by atoms with van der Waals surface area (Å²) in [4.78, 5) is 36.3. The molecule has 2 aromatic rings. The minimum Gasteiger partial charge on any atom is -0.347 e. The average molecular weight is 370 g/mol. The number of amides is 2. The van der Waals surface area contributed by atoms with Crippen molar-refractivity contribution in [3.8, 4) is 0 Å². The van der Waals surface area contributed by atoms with Crippen LogP contribution in [0.15, 0.2) is 41.2 Å². The van der Waals surface area contributed by atoms with Crippen molar-refractivity contribution >= 4 is 17.5 Å². The molecule has 0 atom stereocenters. The zero-order valence-corrected chi connectivity index (χ0v) is 16.2. The van der Waals surface area contributed by atoms with E-state index in [-0.39, 0.29) is 22.7 Å². The van der Waals surface area contributed by atoms with E-state index in [1.54, 1.807) is 24.3 Å². The second-order valence-corrected chi connectivity index (χ2v) is 7.00. The highest BCUT2D eigenvalue weighted by atomic mass is 16.2. The van der Waals surface area contributed by atoms with Gasteiger partial charge in [-0.3, -0.25) is 14.4 Å². The van der Waals surface area contributed by atoms with E-state index in [1.807, 2.05) is 27.7 Å². The molecule has 0 spiro atoms. The first kappa shape index (κ1) is 20.4. The zero-order valence-electron chi connectivity index (χ0n) is 16.2. The van der Waals surface area contributed by atoms with E-state index in [9.17, 15) is 14.4 Å². The molecule has 27 heavy (non-hydrogen) atoms. The molecule has 0 bridgehead atoms. The molecule has 0 aliphatic heterocycles. The minimum absolute atomic E-state index is 0.159. The van der Waals surface area contributed by atoms with Crippen LogP contribution in [0.3, 0.4) is 0 Å². The van der Waals surface area contributed by atoms with Crippen LogP contribution >= 0.6 is 0 Å². The second kappa shape index (κ2) is 8.62. The van der Waals surface area contributed by atoms with Crippen LogP contribution in [0.25, 0.3) is 0 Å². The fraction of sp³-hybridized carbons (Fsp3) is 0.400. The summed E-state index contributed by atoms with van der Waals surface area (Å²) in [6, 6.07) is 9.37. The molecule has 0 saturated heterocycles. The topological polar surface area (TPSA) is 93.1 Å². The molecule has 2 rings (SSSR count). The van der Waals surface area contributed by atoms with Gasteiger partial charge < -0.3 is 10.6 Å². The van der Waals surface area contributed by atoms with Crippen molar-refractivity contribution < 1.29 is 9.59 Å². The first-order valence-electron chi connectivity index (χ1n) is 9.08. The summed E-state index contributed by atoms with van der Waals surface area (Å²) in [7, 11) is 0. The summed E-state index contributed by atoms with van der Waals surface area (Å²) >= 11 is 0. The van der Waals surface area contributed by atoms with Gasteiger partial charge in [0.25, 0.3) is 17.4 Å². The van der Waals surface area contributed by atoms with Gasteiger partial charge in [-0.1, -0.05) is 13.8 Å². The molecule has 1 aromatic carbocycles. The molecule has 0 aliphatic rings. The number of hydrogen-bond acceptors (Lipinski definition) is 4. The number of anilines is 1. The Hall–Kier alpha value is -2.96. The lowest BCUT2D eigenvalue weighted by Crippen LogP contribution is -2.42. The van der Waals surface area contributed by atoms with Gasteiger partial charge in [-0.15, -0.1) is 0 Å². The Morgan fingerprint density at radius 2 is 1.70 bits per heavy atom. The van der Waals surface area contributed by atoms with Gasteiger partial charge in [-0.25, -0.2) is 4.68 Å². The van der Waals surface area contributed by atoms with Crippen LogP contribution in [-0.4, -0.2) is 27.1 Å². The van der Waals surface area contributed by atoms with E-state index in [0.717, 1.165) is 12.8 Å². The molecule has 0 fully saturated rings. The van der Waals surface area contributed by atoms with Crippen molar-refractivity contribution in [2.75, 3.05) is 5.32 Å². The molecule has 0 saturated carbocycles. The molecule has 0 aliphatic carbocycles. The zero-order chi connectivity index (χ0) is 20.0. The lowest BCUT2D eigenvalue weighted by Gasteiger charge is -2.24. The number of nitrogens with one attached hydrogen (secondary N) is 2. The van der Waals surface area contributed by atoms with Gasteiger partial charge in [0.2, 0.25) is 0 Å². The molecule has 0 unspecified atom stereocenters. The number of nitrogens with zero attached hydrogens (tertiary/aromatic N) is 2. The number of aromatic nitrogens is 2. The van der Waals surface area contributed by atoms with E-state index in [0.29, 0.717) is 17.8 Å². The molecule has 0 radical (unpaired) electrons. The van der Waals surface area contributed by atoms with Gasteiger partial charge in [0.05, 0.1) is 0 Å². The second-order valence-electron chi connectivity index (χ2n) is 7.00. The van der Waals surface area contributed by atoms with E-state index < -0.39 is 5.91 Å². The van der Waals surface area contributed by atoms with Gasteiger partial charge >= 0.3 is 0 Å². The van der Waals surface area contributed by atoms with E-state index in [4.69, 9.17) is 0 Å². The fourth-order valence-electron chi connectivity index (χ4n) is 2.31. The molecule has 1 aromatic heterocycles. The quantitative estimate of drug-likeness (QED) is 0.784. The Balaban J connectivity index is 2.08. The largest absolute Gasteiger partial charge is 0.347 e. The molecule has 144 valence electrons. The van der Waals surface area contributed by atoms with Gasteiger partial charge in [-0.2, -0.15) is 5.10 Å². The van der Waals surface area contributed by atoms with Crippen LogP contribution < -0.4 is 16.2 Å². The predicted octanol–water partition coefficient (Wildman–Crippen LogP) is 2.82. The summed E-state index contributed by atoms with van der Waals surface area (Å²) in [6.45, 7) is 8.32. The predicted molar refractivity (Wildman–Crippen MR) is 105 cm³/mol. The Labute approximate surface area is 158 Å². The fourth-order valence-corrected chi connectivity index (χ4v) is 2.31. The third-order valence-electron chi connectivity index (χ3n) is 4.28. The number of carbonyl (C=O) groups is 2. The number of hydrogen-bond donors (Lipinski definition) is 2. The van der Waals surface area contributed by atoms with Crippen molar-refractivity contribution in [3.63, 3.8) is 0 Å².